The molecule has 10 heavy (non-hydrogen) atoms. The normalized spacial score (nSPS) is 13.4. The van der Waals surface area contributed by atoms with Crippen molar-refractivity contribution >= 4 is 7.28 Å². The van der Waals surface area contributed by atoms with Crippen molar-refractivity contribution in [2.24, 2.45) is 0 Å². The van der Waals surface area contributed by atoms with Gasteiger partial charge in [-0.2, -0.15) is 22.0 Å². The van der Waals surface area contributed by atoms with Crippen LogP contribution in [0.2, 0.25) is 13.1 Å². The van der Waals surface area contributed by atoms with Crippen molar-refractivity contribution in [1.82, 2.24) is 0 Å². The zero-order valence-electron chi connectivity index (χ0n) is 5.17. The first-order chi connectivity index (χ1) is 4.31. The number of rotatable bonds is 2. The second-order valence-electron chi connectivity index (χ2n) is 1.81. The van der Waals surface area contributed by atoms with Crippen LogP contribution in [0.1, 0.15) is 0 Å². The predicted octanol–water partition coefficient (Wildman–Crippen LogP) is 2.35. The summed E-state index contributed by atoms with van der Waals surface area (Å²) in [6, 6.07) is 0. The van der Waals surface area contributed by atoms with Crippen molar-refractivity contribution in [3.05, 3.63) is 0 Å². The summed E-state index contributed by atoms with van der Waals surface area (Å²) in [5, 5.41) is 0. The quantitative estimate of drug-likeness (QED) is 0.428. The summed E-state index contributed by atoms with van der Waals surface area (Å²) in [4.78, 5) is 0. The highest BCUT2D eigenvalue weighted by Gasteiger charge is 2.55. The Bertz CT molecular complexity index is 107. The van der Waals surface area contributed by atoms with Crippen LogP contribution in [0.5, 0.6) is 0 Å². The summed E-state index contributed by atoms with van der Waals surface area (Å²) in [6.07, 6.45) is -6.67. The zero-order valence-corrected chi connectivity index (χ0v) is 5.17. The van der Waals surface area contributed by atoms with Gasteiger partial charge in [0.05, 0.1) is 0 Å². The molecule has 1 radical (unpaired) electrons. The maximum atomic E-state index is 11.8. The molecule has 0 aromatic carbocycles. The van der Waals surface area contributed by atoms with Gasteiger partial charge in [-0.05, 0) is 6.32 Å². The summed E-state index contributed by atoms with van der Waals surface area (Å²) >= 11 is 0. The molecule has 0 nitrogen and oxygen atoms in total. The molecule has 0 spiro atoms. The van der Waals surface area contributed by atoms with Crippen LogP contribution in [0.25, 0.3) is 0 Å². The molecule has 0 unspecified atom stereocenters. The minimum atomic E-state index is -5.42. The predicted molar refractivity (Wildman–Crippen MR) is 27.4 cm³/mol. The Morgan fingerprint density at radius 1 is 1.10 bits per heavy atom. The molecule has 0 aromatic rings. The van der Waals surface area contributed by atoms with E-state index >= 15 is 0 Å². The Morgan fingerprint density at radius 3 is 1.60 bits per heavy atom. The minimum Gasteiger partial charge on any atom is -0.197 e. The molecule has 0 N–H and O–H groups in total. The van der Waals surface area contributed by atoms with E-state index in [4.69, 9.17) is 0 Å². The van der Waals surface area contributed by atoms with Crippen molar-refractivity contribution < 1.29 is 22.0 Å². The third kappa shape index (κ3) is 2.15. The van der Waals surface area contributed by atoms with E-state index in [2.05, 4.69) is 0 Å². The van der Waals surface area contributed by atoms with Crippen LogP contribution >= 0.6 is 0 Å². The third-order valence-electron chi connectivity index (χ3n) is 0.875. The molecule has 0 saturated carbocycles. The molecule has 0 aliphatic carbocycles. The van der Waals surface area contributed by atoms with Crippen molar-refractivity contribution in [1.29, 1.82) is 0 Å². The molecule has 0 aliphatic heterocycles. The van der Waals surface area contributed by atoms with Gasteiger partial charge in [0.15, 0.2) is 0 Å². The lowest BCUT2D eigenvalue weighted by atomic mass is 9.75. The fourth-order valence-electron chi connectivity index (χ4n) is 0.372. The summed E-state index contributed by atoms with van der Waals surface area (Å²) < 4.78 is 57.3. The van der Waals surface area contributed by atoms with Crippen LogP contribution in [-0.2, 0) is 0 Å². The molecular weight excluding hydrogens is 154 g/mol. The van der Waals surface area contributed by atoms with Crippen LogP contribution in [0.4, 0.5) is 22.0 Å². The van der Waals surface area contributed by atoms with Gasteiger partial charge < -0.3 is 0 Å². The Balaban J connectivity index is 4.10. The van der Waals surface area contributed by atoms with E-state index in [1.54, 1.807) is 0 Å². The van der Waals surface area contributed by atoms with E-state index in [-0.39, 0.29) is 0 Å². The first-order valence-corrected chi connectivity index (χ1v) is 2.53. The topological polar surface area (TPSA) is 0 Å². The molecule has 0 fully saturated rings. The Morgan fingerprint density at radius 2 is 1.50 bits per heavy atom. The van der Waals surface area contributed by atoms with Gasteiger partial charge in [-0.15, -0.1) is 0 Å². The molecule has 0 saturated heterocycles. The third-order valence-corrected chi connectivity index (χ3v) is 0.875. The van der Waals surface area contributed by atoms with E-state index in [0.717, 1.165) is 14.1 Å². The first-order valence-electron chi connectivity index (χ1n) is 2.53. The lowest BCUT2D eigenvalue weighted by molar-refractivity contribution is -0.273. The molecule has 0 heterocycles. The van der Waals surface area contributed by atoms with Crippen LogP contribution in [0.15, 0.2) is 0 Å². The smallest absolute Gasteiger partial charge is 0.197 e. The van der Waals surface area contributed by atoms with Gasteiger partial charge in [-0.3, -0.25) is 0 Å². The summed E-state index contributed by atoms with van der Waals surface area (Å²) in [5.41, 5.74) is 0. The highest BCUT2D eigenvalue weighted by Crippen LogP contribution is 2.37. The molecule has 0 aromatic heterocycles. The monoisotopic (exact) mass is 159 g/mol. The average molecular weight is 159 g/mol. The van der Waals surface area contributed by atoms with E-state index in [1.807, 2.05) is 0 Å². The SMILES string of the molecule is C[B]CC(F)(F)C(F)(F)F. The Kier molecular flexibility index (Phi) is 2.68. The second-order valence-corrected chi connectivity index (χ2v) is 1.81. The Hall–Kier alpha value is -0.285. The van der Waals surface area contributed by atoms with Crippen molar-refractivity contribution in [2.75, 3.05) is 0 Å². The molecule has 0 rings (SSSR count). The van der Waals surface area contributed by atoms with Gasteiger partial charge >= 0.3 is 12.1 Å². The summed E-state index contributed by atoms with van der Waals surface area (Å²) in [6.45, 7) is 1.15. The van der Waals surface area contributed by atoms with Crippen LogP contribution in [-0.4, -0.2) is 19.4 Å². The van der Waals surface area contributed by atoms with Crippen LogP contribution in [0, 0.1) is 0 Å². The van der Waals surface area contributed by atoms with E-state index < -0.39 is 18.4 Å². The van der Waals surface area contributed by atoms with E-state index in [0.29, 0.717) is 0 Å². The van der Waals surface area contributed by atoms with Gasteiger partial charge in [-0.25, -0.2) is 0 Å². The lowest BCUT2D eigenvalue weighted by Crippen LogP contribution is -2.36. The van der Waals surface area contributed by atoms with Gasteiger partial charge in [0.1, 0.15) is 7.28 Å². The first kappa shape index (κ1) is 9.71. The number of hydrogen-bond acceptors (Lipinski definition) is 0. The van der Waals surface area contributed by atoms with E-state index in [1.165, 1.54) is 0 Å². The van der Waals surface area contributed by atoms with Crippen LogP contribution < -0.4 is 0 Å². The van der Waals surface area contributed by atoms with Crippen molar-refractivity contribution in [3.63, 3.8) is 0 Å². The van der Waals surface area contributed by atoms with Crippen molar-refractivity contribution in [2.45, 2.75) is 25.2 Å². The summed E-state index contributed by atoms with van der Waals surface area (Å²) in [5.74, 6) is -4.57. The standard InChI is InChI=1S/C4H5BF5/c1-5-2-3(6,7)4(8,9)10/h2H2,1H3. The molecule has 6 heteroatoms. The fourth-order valence-corrected chi connectivity index (χ4v) is 0.372. The molecule has 0 aliphatic rings. The second kappa shape index (κ2) is 2.76. The van der Waals surface area contributed by atoms with Gasteiger partial charge in [0.25, 0.3) is 0 Å². The van der Waals surface area contributed by atoms with Gasteiger partial charge in [-0.1, -0.05) is 6.82 Å². The molecule has 59 valence electrons. The number of hydrogen-bond donors (Lipinski definition) is 0. The molecule has 0 amide bonds. The largest absolute Gasteiger partial charge is 0.452 e. The number of halogens is 5. The fraction of sp³-hybridized carbons (Fsp3) is 1.00. The van der Waals surface area contributed by atoms with Crippen molar-refractivity contribution in [3.8, 4) is 0 Å². The minimum absolute atomic E-state index is 0.785. The molecule has 0 atom stereocenters. The molecule has 0 bridgehead atoms. The highest BCUT2D eigenvalue weighted by atomic mass is 19.4. The Labute approximate surface area is 55.6 Å². The maximum absolute atomic E-state index is 11.8. The zero-order chi connectivity index (χ0) is 8.41. The van der Waals surface area contributed by atoms with Crippen LogP contribution in [0.3, 0.4) is 0 Å². The number of alkyl halides is 5. The molecular formula is C4H5BF5. The highest BCUT2D eigenvalue weighted by molar-refractivity contribution is 6.33. The van der Waals surface area contributed by atoms with E-state index in [9.17, 15) is 22.0 Å². The van der Waals surface area contributed by atoms with Gasteiger partial charge in [0, 0.05) is 0 Å². The lowest BCUT2D eigenvalue weighted by Gasteiger charge is -2.17. The van der Waals surface area contributed by atoms with Gasteiger partial charge in [0.2, 0.25) is 0 Å². The summed E-state index contributed by atoms with van der Waals surface area (Å²) in [7, 11) is 0.785. The maximum Gasteiger partial charge on any atom is 0.452 e. The average Bonchev–Trinajstić information content (AvgIpc) is 1.61.